The number of benzene rings is 2. The molecule has 0 aliphatic rings. The Balaban J connectivity index is 0.000000227. The van der Waals surface area contributed by atoms with E-state index in [0.717, 1.165) is 17.9 Å². The normalized spacial score (nSPS) is 8.92. The van der Waals surface area contributed by atoms with Gasteiger partial charge in [0.1, 0.15) is 0 Å². The Morgan fingerprint density at radius 1 is 1.21 bits per heavy atom. The van der Waals surface area contributed by atoms with Crippen molar-refractivity contribution in [2.75, 3.05) is 18.1 Å². The van der Waals surface area contributed by atoms with Gasteiger partial charge in [-0.05, 0) is 61.0 Å². The van der Waals surface area contributed by atoms with Gasteiger partial charge < -0.3 is 5.32 Å². The van der Waals surface area contributed by atoms with Gasteiger partial charge in [-0.15, -0.1) is 11.3 Å². The van der Waals surface area contributed by atoms with Crippen LogP contribution in [0.25, 0.3) is 10.1 Å². The van der Waals surface area contributed by atoms with E-state index in [-0.39, 0.29) is 0 Å². The number of nitrogens with zero attached hydrogens (tertiary/aromatic N) is 2. The van der Waals surface area contributed by atoms with Gasteiger partial charge in [-0.2, -0.15) is 17.9 Å². The van der Waals surface area contributed by atoms with Crippen molar-refractivity contribution in [3.8, 4) is 6.07 Å². The summed E-state index contributed by atoms with van der Waals surface area (Å²) in [6.45, 7) is 6.28. The highest BCUT2D eigenvalue weighted by Gasteiger charge is 2.00. The van der Waals surface area contributed by atoms with Crippen molar-refractivity contribution in [3.05, 3.63) is 59.5 Å². The number of aliphatic imine (C=N–C) groups is 1. The third-order valence-electron chi connectivity index (χ3n) is 3.03. The molecule has 1 heterocycles. The van der Waals surface area contributed by atoms with E-state index >= 15 is 0 Å². The molecule has 124 valence electrons. The quantitative estimate of drug-likeness (QED) is 0.463. The zero-order valence-corrected chi connectivity index (χ0v) is 15.6. The summed E-state index contributed by atoms with van der Waals surface area (Å²) in [6, 6.07) is 17.9. The minimum absolute atomic E-state index is 0.601. The van der Waals surface area contributed by atoms with Gasteiger partial charge in [-0.1, -0.05) is 18.2 Å². The Labute approximate surface area is 153 Å². The molecule has 3 nitrogen and oxygen atoms in total. The van der Waals surface area contributed by atoms with E-state index in [4.69, 9.17) is 5.26 Å². The van der Waals surface area contributed by atoms with Crippen LogP contribution in [0.1, 0.15) is 12.5 Å². The zero-order chi connectivity index (χ0) is 17.8. The molecule has 1 aromatic heterocycles. The lowest BCUT2D eigenvalue weighted by atomic mass is 10.2. The lowest BCUT2D eigenvalue weighted by molar-refractivity contribution is 1.21. The van der Waals surface area contributed by atoms with Gasteiger partial charge in [0.25, 0.3) is 0 Å². The number of fused-ring (bicyclic) bond motifs is 1. The molecule has 3 aromatic rings. The van der Waals surface area contributed by atoms with Crippen LogP contribution in [0.4, 0.5) is 11.4 Å². The van der Waals surface area contributed by atoms with Crippen molar-refractivity contribution in [1.82, 2.24) is 0 Å². The van der Waals surface area contributed by atoms with E-state index in [1.807, 2.05) is 13.0 Å². The van der Waals surface area contributed by atoms with Gasteiger partial charge in [0.2, 0.25) is 0 Å². The van der Waals surface area contributed by atoms with E-state index in [9.17, 15) is 0 Å². The fourth-order valence-electron chi connectivity index (χ4n) is 1.98. The molecule has 0 unspecified atom stereocenters. The average molecular weight is 356 g/mol. The van der Waals surface area contributed by atoms with Crippen LogP contribution in [0.5, 0.6) is 0 Å². The van der Waals surface area contributed by atoms with E-state index in [1.165, 1.54) is 10.1 Å². The number of rotatable bonds is 3. The van der Waals surface area contributed by atoms with Crippen molar-refractivity contribution in [3.63, 3.8) is 0 Å². The number of hydrogen-bond acceptors (Lipinski definition) is 5. The van der Waals surface area contributed by atoms with Crippen LogP contribution in [-0.4, -0.2) is 19.5 Å². The van der Waals surface area contributed by atoms with Gasteiger partial charge in [0.05, 0.1) is 23.0 Å². The molecule has 5 heteroatoms. The maximum atomic E-state index is 8.65. The fraction of sp³-hybridized carbons (Fsp3) is 0.158. The highest BCUT2D eigenvalue weighted by Crippen LogP contribution is 2.25. The van der Waals surface area contributed by atoms with E-state index in [0.29, 0.717) is 5.56 Å². The van der Waals surface area contributed by atoms with Gasteiger partial charge >= 0.3 is 0 Å². The van der Waals surface area contributed by atoms with E-state index < -0.39 is 0 Å². The maximum Gasteiger partial charge on any atom is 0.0992 e. The van der Waals surface area contributed by atoms with Gasteiger partial charge in [-0.3, -0.25) is 4.99 Å². The largest absolute Gasteiger partial charge is 0.384 e. The molecule has 0 saturated heterocycles. The molecular formula is C19H21N3S2. The molecule has 0 spiro atoms. The molecule has 2 aromatic carbocycles. The van der Waals surface area contributed by atoms with Crippen LogP contribution in [0.2, 0.25) is 0 Å². The van der Waals surface area contributed by atoms with Crippen molar-refractivity contribution in [1.29, 1.82) is 5.26 Å². The van der Waals surface area contributed by atoms with E-state index in [1.54, 1.807) is 29.7 Å². The summed E-state index contributed by atoms with van der Waals surface area (Å²) in [5.41, 5.74) is 2.24. The van der Waals surface area contributed by atoms with E-state index in [2.05, 4.69) is 71.4 Å². The summed E-state index contributed by atoms with van der Waals surface area (Å²) in [5.74, 6) is 0. The second-order valence-corrected chi connectivity index (χ2v) is 5.44. The predicted molar refractivity (Wildman–Crippen MR) is 111 cm³/mol. The number of nitriles is 1. The Kier molecular flexibility index (Phi) is 9.28. The van der Waals surface area contributed by atoms with Gasteiger partial charge in [-0.25, -0.2) is 0 Å². The number of nitrogens with one attached hydrogen (secondary N) is 1. The molecule has 0 aliphatic carbocycles. The standard InChI is InChI=1S/C10H11N3.C8H6S.CH4S/c1-3-13-9-5-4-8(7-11)6-10(9)12-2;1-2-4-8-7(3-1)5-6-9-8;1-2/h4-6,13H,2-3H2,1H3;1-6H;2H,1H3. The minimum atomic E-state index is 0.601. The molecule has 0 amide bonds. The maximum absolute atomic E-state index is 8.65. The number of hydrogen-bond donors (Lipinski definition) is 2. The molecule has 0 atom stereocenters. The fourth-order valence-corrected chi connectivity index (χ4v) is 2.77. The van der Waals surface area contributed by atoms with Crippen molar-refractivity contribution in [2.24, 2.45) is 4.99 Å². The van der Waals surface area contributed by atoms with Crippen molar-refractivity contribution < 1.29 is 0 Å². The molecular weight excluding hydrogens is 334 g/mol. The van der Waals surface area contributed by atoms with Crippen LogP contribution < -0.4 is 5.32 Å². The summed E-state index contributed by atoms with van der Waals surface area (Å²) < 4.78 is 1.37. The minimum Gasteiger partial charge on any atom is -0.384 e. The smallest absolute Gasteiger partial charge is 0.0992 e. The summed E-state index contributed by atoms with van der Waals surface area (Å²) in [7, 11) is 0. The first-order valence-corrected chi connectivity index (χ1v) is 9.17. The SMILES string of the molecule is C=Nc1cc(C#N)ccc1NCC.CS.c1ccc2sccc2c1. The molecule has 0 bridgehead atoms. The third kappa shape index (κ3) is 5.73. The van der Waals surface area contributed by atoms with Gasteiger partial charge in [0, 0.05) is 11.2 Å². The molecule has 0 radical (unpaired) electrons. The van der Waals surface area contributed by atoms with Crippen molar-refractivity contribution >= 4 is 52.1 Å². The first kappa shape index (κ1) is 19.8. The van der Waals surface area contributed by atoms with Crippen LogP contribution in [0, 0.1) is 11.3 Å². The van der Waals surface area contributed by atoms with Gasteiger partial charge in [0.15, 0.2) is 0 Å². The van der Waals surface area contributed by atoms with Crippen LogP contribution in [0.3, 0.4) is 0 Å². The number of thiol groups is 1. The Morgan fingerprint density at radius 3 is 2.58 bits per heavy atom. The third-order valence-corrected chi connectivity index (χ3v) is 3.92. The number of anilines is 1. The monoisotopic (exact) mass is 355 g/mol. The highest BCUT2D eigenvalue weighted by atomic mass is 32.1. The molecule has 0 saturated carbocycles. The summed E-state index contributed by atoms with van der Waals surface area (Å²) in [6.07, 6.45) is 1.69. The lowest BCUT2D eigenvalue weighted by Gasteiger charge is -2.06. The van der Waals surface area contributed by atoms with Crippen LogP contribution in [0.15, 0.2) is 58.9 Å². The predicted octanol–water partition coefficient (Wildman–Crippen LogP) is 5.77. The summed E-state index contributed by atoms with van der Waals surface area (Å²) in [4.78, 5) is 3.83. The molecule has 3 rings (SSSR count). The first-order chi connectivity index (χ1) is 11.8. The Bertz CT molecular complexity index is 773. The molecule has 0 aliphatic heterocycles. The Morgan fingerprint density at radius 2 is 1.96 bits per heavy atom. The molecule has 0 fully saturated rings. The zero-order valence-electron chi connectivity index (χ0n) is 13.9. The highest BCUT2D eigenvalue weighted by molar-refractivity contribution is 7.79. The average Bonchev–Trinajstić information content (AvgIpc) is 3.13. The second-order valence-electron chi connectivity index (χ2n) is 4.49. The van der Waals surface area contributed by atoms with Crippen molar-refractivity contribution in [2.45, 2.75) is 6.92 Å². The second kappa shape index (κ2) is 11.3. The lowest BCUT2D eigenvalue weighted by Crippen LogP contribution is -1.96. The number of thiophene rings is 1. The molecule has 24 heavy (non-hydrogen) atoms. The molecule has 1 N–H and O–H groups in total. The topological polar surface area (TPSA) is 48.2 Å². The first-order valence-electron chi connectivity index (χ1n) is 7.40. The van der Waals surface area contributed by atoms with Crippen LogP contribution >= 0.6 is 24.0 Å². The van der Waals surface area contributed by atoms with Crippen LogP contribution in [-0.2, 0) is 0 Å². The summed E-state index contributed by atoms with van der Waals surface area (Å²) >= 11 is 5.32. The Hall–Kier alpha value is -2.29. The summed E-state index contributed by atoms with van der Waals surface area (Å²) in [5, 5.41) is 15.2.